The van der Waals surface area contributed by atoms with Gasteiger partial charge in [-0.1, -0.05) is 17.3 Å². The number of nitrogen functional groups attached to an aromatic ring is 1. The summed E-state index contributed by atoms with van der Waals surface area (Å²) in [6.45, 7) is 1.90. The third-order valence-corrected chi connectivity index (χ3v) is 3.26. The van der Waals surface area contributed by atoms with Gasteiger partial charge in [0.05, 0.1) is 30.3 Å². The van der Waals surface area contributed by atoms with Crippen LogP contribution in [0, 0.1) is 17.0 Å². The molecule has 1 aromatic heterocycles. The van der Waals surface area contributed by atoms with E-state index in [1.807, 2.05) is 0 Å². The Morgan fingerprint density at radius 1 is 1.46 bits per heavy atom. The lowest BCUT2D eigenvalue weighted by Crippen LogP contribution is -2.17. The predicted molar refractivity (Wildman–Crippen MR) is 85.9 cm³/mol. The van der Waals surface area contributed by atoms with Crippen LogP contribution < -0.4 is 11.5 Å². The van der Waals surface area contributed by atoms with Crippen molar-refractivity contribution in [2.75, 3.05) is 5.73 Å². The first-order chi connectivity index (χ1) is 11.4. The predicted octanol–water partition coefficient (Wildman–Crippen LogP) is 0.936. The number of oxime groups is 1. The molecule has 0 bridgehead atoms. The Morgan fingerprint density at radius 3 is 2.88 bits per heavy atom. The summed E-state index contributed by atoms with van der Waals surface area (Å²) < 4.78 is 1.27. The number of nitro groups is 1. The number of hydrogen-bond acceptors (Lipinski definition) is 7. The number of nitrogens with zero attached hydrogens (tertiary/aromatic N) is 4. The van der Waals surface area contributed by atoms with E-state index >= 15 is 0 Å². The van der Waals surface area contributed by atoms with Crippen molar-refractivity contribution >= 4 is 23.3 Å². The molecular weight excluding hydrogens is 316 g/mol. The summed E-state index contributed by atoms with van der Waals surface area (Å²) in [5.41, 5.74) is 13.4. The van der Waals surface area contributed by atoms with Gasteiger partial charge in [0.25, 0.3) is 0 Å². The fourth-order valence-electron chi connectivity index (χ4n) is 1.90. The summed E-state index contributed by atoms with van der Waals surface area (Å²) >= 11 is 0. The number of hydrogen-bond donors (Lipinski definition) is 2. The maximum atomic E-state index is 11.7. The molecule has 0 radical (unpaired) electrons. The molecule has 0 saturated carbocycles. The summed E-state index contributed by atoms with van der Waals surface area (Å²) in [7, 11) is 0. The van der Waals surface area contributed by atoms with Crippen LogP contribution in [0.2, 0.25) is 0 Å². The summed E-state index contributed by atoms with van der Waals surface area (Å²) in [6.07, 6.45) is 1.34. The van der Waals surface area contributed by atoms with Crippen LogP contribution in [0.4, 0.5) is 11.5 Å². The number of anilines is 1. The van der Waals surface area contributed by atoms with Gasteiger partial charge >= 0.3 is 11.8 Å². The van der Waals surface area contributed by atoms with Gasteiger partial charge in [0.15, 0.2) is 5.84 Å². The average molecular weight is 332 g/mol. The zero-order valence-electron chi connectivity index (χ0n) is 12.9. The lowest BCUT2D eigenvalue weighted by atomic mass is 10.1. The van der Waals surface area contributed by atoms with Crippen molar-refractivity contribution in [3.8, 4) is 0 Å². The van der Waals surface area contributed by atoms with Crippen molar-refractivity contribution in [1.29, 1.82) is 0 Å². The largest absolute Gasteiger partial charge is 0.398 e. The standard InChI is InChI=1S/C14H16N6O4/c1-9-10(3-2-4-11(9)15)14(16)18-24-13(21)6-8-19-7-5-12(17-19)20(22)23/h2-5,7H,6,8,15H2,1H3,(H2,16,18). The van der Waals surface area contributed by atoms with Gasteiger partial charge in [-0.3, -0.25) is 0 Å². The van der Waals surface area contributed by atoms with Gasteiger partial charge in [0.1, 0.15) is 0 Å². The number of carbonyl (C=O) groups excluding carboxylic acids is 1. The second-order valence-corrected chi connectivity index (χ2v) is 4.90. The molecule has 2 aromatic rings. The summed E-state index contributed by atoms with van der Waals surface area (Å²) in [5, 5.41) is 17.8. The molecule has 0 aliphatic rings. The van der Waals surface area contributed by atoms with E-state index in [0.29, 0.717) is 11.3 Å². The average Bonchev–Trinajstić information content (AvgIpc) is 3.02. The first-order valence-corrected chi connectivity index (χ1v) is 6.95. The van der Waals surface area contributed by atoms with Crippen LogP contribution in [0.25, 0.3) is 0 Å². The smallest absolute Gasteiger partial charge is 0.389 e. The van der Waals surface area contributed by atoms with E-state index in [2.05, 4.69) is 10.3 Å². The van der Waals surface area contributed by atoms with Gasteiger partial charge in [-0.15, -0.1) is 0 Å². The molecule has 0 unspecified atom stereocenters. The molecule has 126 valence electrons. The van der Waals surface area contributed by atoms with Crippen molar-refractivity contribution < 1.29 is 14.6 Å². The monoisotopic (exact) mass is 332 g/mol. The lowest BCUT2D eigenvalue weighted by Gasteiger charge is -2.06. The van der Waals surface area contributed by atoms with E-state index in [9.17, 15) is 14.9 Å². The zero-order chi connectivity index (χ0) is 17.7. The van der Waals surface area contributed by atoms with E-state index < -0.39 is 10.9 Å². The molecule has 1 heterocycles. The maximum Gasteiger partial charge on any atom is 0.389 e. The van der Waals surface area contributed by atoms with Crippen LogP contribution in [0.15, 0.2) is 35.6 Å². The molecular formula is C14H16N6O4. The van der Waals surface area contributed by atoms with E-state index in [1.54, 1.807) is 25.1 Å². The van der Waals surface area contributed by atoms with Crippen LogP contribution in [0.5, 0.6) is 0 Å². The fraction of sp³-hybridized carbons (Fsp3) is 0.214. The van der Waals surface area contributed by atoms with E-state index in [4.69, 9.17) is 16.3 Å². The van der Waals surface area contributed by atoms with Gasteiger partial charge in [-0.05, 0) is 23.5 Å². The molecule has 1 aromatic carbocycles. The van der Waals surface area contributed by atoms with E-state index in [0.717, 1.165) is 5.56 Å². The van der Waals surface area contributed by atoms with Crippen molar-refractivity contribution in [2.24, 2.45) is 10.9 Å². The Hall–Kier alpha value is -3.43. The summed E-state index contributed by atoms with van der Waals surface area (Å²) in [6, 6.07) is 6.39. The van der Waals surface area contributed by atoms with E-state index in [1.165, 1.54) is 16.9 Å². The molecule has 0 atom stereocenters. The Labute approximate surface area is 136 Å². The molecule has 0 spiro atoms. The number of benzene rings is 1. The Kier molecular flexibility index (Phi) is 5.09. The first kappa shape index (κ1) is 16.9. The minimum absolute atomic E-state index is 0.0304. The van der Waals surface area contributed by atoms with Gasteiger partial charge < -0.3 is 26.4 Å². The lowest BCUT2D eigenvalue weighted by molar-refractivity contribution is -0.389. The number of rotatable bonds is 6. The third kappa shape index (κ3) is 4.06. The normalized spacial score (nSPS) is 11.3. The second-order valence-electron chi connectivity index (χ2n) is 4.90. The van der Waals surface area contributed by atoms with Crippen LogP contribution in [0.3, 0.4) is 0 Å². The van der Waals surface area contributed by atoms with Gasteiger partial charge in [0.2, 0.25) is 0 Å². The molecule has 0 aliphatic carbocycles. The number of aryl methyl sites for hydroxylation is 1. The minimum atomic E-state index is -0.641. The van der Waals surface area contributed by atoms with Gasteiger partial charge in [0, 0.05) is 11.3 Å². The minimum Gasteiger partial charge on any atom is -0.398 e. The molecule has 0 aliphatic heterocycles. The fourth-order valence-corrected chi connectivity index (χ4v) is 1.90. The Balaban J connectivity index is 1.92. The van der Waals surface area contributed by atoms with Gasteiger partial charge in [-0.2, -0.15) is 4.68 Å². The highest BCUT2D eigenvalue weighted by Gasteiger charge is 2.13. The zero-order valence-corrected chi connectivity index (χ0v) is 12.9. The molecule has 24 heavy (non-hydrogen) atoms. The molecule has 4 N–H and O–H groups in total. The van der Waals surface area contributed by atoms with Crippen molar-refractivity contribution in [1.82, 2.24) is 9.78 Å². The van der Waals surface area contributed by atoms with Crippen molar-refractivity contribution in [3.05, 3.63) is 51.7 Å². The Morgan fingerprint density at radius 2 is 2.21 bits per heavy atom. The van der Waals surface area contributed by atoms with Crippen molar-refractivity contribution in [2.45, 2.75) is 19.9 Å². The number of amidine groups is 1. The second kappa shape index (κ2) is 7.22. The molecule has 0 amide bonds. The van der Waals surface area contributed by atoms with Crippen molar-refractivity contribution in [3.63, 3.8) is 0 Å². The molecule has 0 saturated heterocycles. The number of nitrogens with two attached hydrogens (primary N) is 2. The first-order valence-electron chi connectivity index (χ1n) is 6.95. The Bertz CT molecular complexity index is 798. The summed E-state index contributed by atoms with van der Waals surface area (Å²) in [5.74, 6) is -0.900. The molecule has 10 nitrogen and oxygen atoms in total. The number of aromatic nitrogens is 2. The highest BCUT2D eigenvalue weighted by molar-refractivity contribution is 5.99. The quantitative estimate of drug-likeness (QED) is 0.199. The molecule has 2 rings (SSSR count). The highest BCUT2D eigenvalue weighted by Crippen LogP contribution is 2.15. The van der Waals surface area contributed by atoms with Crippen LogP contribution in [0.1, 0.15) is 17.5 Å². The summed E-state index contributed by atoms with van der Waals surface area (Å²) in [4.78, 5) is 26.3. The third-order valence-electron chi connectivity index (χ3n) is 3.26. The SMILES string of the molecule is Cc1c(N)cccc1/C(N)=N/OC(=O)CCn1ccc([N+](=O)[O-])n1. The molecule has 0 fully saturated rings. The van der Waals surface area contributed by atoms with Crippen LogP contribution in [-0.4, -0.2) is 26.5 Å². The van der Waals surface area contributed by atoms with Gasteiger partial charge in [-0.25, -0.2) is 4.79 Å². The maximum absolute atomic E-state index is 11.7. The van der Waals surface area contributed by atoms with Crippen LogP contribution in [-0.2, 0) is 16.2 Å². The topological polar surface area (TPSA) is 152 Å². The molecule has 10 heteroatoms. The number of carbonyl (C=O) groups is 1. The highest BCUT2D eigenvalue weighted by atomic mass is 16.7. The van der Waals surface area contributed by atoms with E-state index in [-0.39, 0.29) is 24.6 Å². The van der Waals surface area contributed by atoms with Crippen LogP contribution >= 0.6 is 0 Å².